The van der Waals surface area contributed by atoms with Gasteiger partial charge < -0.3 is 14.4 Å². The van der Waals surface area contributed by atoms with Gasteiger partial charge >= 0.3 is 0 Å². The van der Waals surface area contributed by atoms with Gasteiger partial charge in [0.05, 0.1) is 27.4 Å². The van der Waals surface area contributed by atoms with E-state index in [4.69, 9.17) is 26.1 Å². The van der Waals surface area contributed by atoms with Crippen molar-refractivity contribution < 1.29 is 14.3 Å². The maximum atomic E-state index is 14.1. The third-order valence-electron chi connectivity index (χ3n) is 7.33. The molecule has 1 aliphatic rings. The Morgan fingerprint density at radius 3 is 2.51 bits per heavy atom. The van der Waals surface area contributed by atoms with Crippen LogP contribution in [0.3, 0.4) is 0 Å². The van der Waals surface area contributed by atoms with Gasteiger partial charge in [-0.05, 0) is 72.6 Å². The van der Waals surface area contributed by atoms with Crippen molar-refractivity contribution in [2.45, 2.75) is 33.4 Å². The van der Waals surface area contributed by atoms with Crippen molar-refractivity contribution in [2.24, 2.45) is 4.99 Å². The topological polar surface area (TPSA) is 73.1 Å². The first-order chi connectivity index (χ1) is 20.8. The number of hydrogen-bond donors (Lipinski definition) is 0. The van der Waals surface area contributed by atoms with Gasteiger partial charge in [-0.3, -0.25) is 14.2 Å². The van der Waals surface area contributed by atoms with E-state index in [2.05, 4.69) is 15.9 Å². The Bertz CT molecular complexity index is 1890. The van der Waals surface area contributed by atoms with Crippen molar-refractivity contribution in [3.8, 4) is 11.5 Å². The van der Waals surface area contributed by atoms with Crippen LogP contribution in [0, 0.1) is 0 Å². The molecule has 0 fully saturated rings. The van der Waals surface area contributed by atoms with Crippen LogP contribution in [-0.2, 0) is 11.4 Å². The number of amides is 1. The minimum Gasteiger partial charge on any atom is -0.496 e. The molecule has 222 valence electrons. The van der Waals surface area contributed by atoms with Crippen LogP contribution in [-0.4, -0.2) is 35.6 Å². The van der Waals surface area contributed by atoms with E-state index in [0.717, 1.165) is 21.2 Å². The predicted molar refractivity (Wildman–Crippen MR) is 175 cm³/mol. The molecule has 0 saturated carbocycles. The van der Waals surface area contributed by atoms with Crippen molar-refractivity contribution in [3.63, 3.8) is 0 Å². The number of carbonyl (C=O) groups excluding carboxylic acids is 1. The summed E-state index contributed by atoms with van der Waals surface area (Å²) in [7, 11) is 1.59. The molecular formula is C33H31BrClN3O4S. The molecule has 3 aromatic carbocycles. The van der Waals surface area contributed by atoms with Crippen LogP contribution in [0.25, 0.3) is 6.08 Å². The average molecular weight is 681 g/mol. The van der Waals surface area contributed by atoms with Crippen molar-refractivity contribution >= 4 is 50.9 Å². The van der Waals surface area contributed by atoms with Gasteiger partial charge in [0, 0.05) is 29.2 Å². The van der Waals surface area contributed by atoms with Gasteiger partial charge in [-0.15, -0.1) is 0 Å². The summed E-state index contributed by atoms with van der Waals surface area (Å²) >= 11 is 11.2. The van der Waals surface area contributed by atoms with Gasteiger partial charge in [-0.1, -0.05) is 65.4 Å². The van der Waals surface area contributed by atoms with E-state index < -0.39 is 6.04 Å². The molecule has 0 bridgehead atoms. The zero-order chi connectivity index (χ0) is 30.7. The van der Waals surface area contributed by atoms with E-state index in [9.17, 15) is 9.59 Å². The van der Waals surface area contributed by atoms with Crippen LogP contribution in [0.2, 0.25) is 5.02 Å². The first kappa shape index (κ1) is 30.8. The molecule has 0 aliphatic carbocycles. The highest BCUT2D eigenvalue weighted by Gasteiger charge is 2.35. The molecular weight excluding hydrogens is 650 g/mol. The number of ether oxygens (including phenoxy) is 2. The Kier molecular flexibility index (Phi) is 9.54. The number of rotatable bonds is 9. The fourth-order valence-electron chi connectivity index (χ4n) is 5.11. The number of benzene rings is 3. The number of para-hydroxylation sites is 1. The minimum absolute atomic E-state index is 0.146. The molecule has 1 atom stereocenters. The molecule has 1 aliphatic heterocycles. The SMILES string of the molecule is CCN(CC)C(=O)C1=C(C)N=c2s/c(=C/c3ccc(OCc4ccccc4Cl)c(Br)c3)c(=O)n2[C@H]1c1ccccc1OC. The summed E-state index contributed by atoms with van der Waals surface area (Å²) in [6.07, 6.45) is 1.83. The number of hydrogen-bond acceptors (Lipinski definition) is 6. The molecule has 5 rings (SSSR count). The molecule has 10 heteroatoms. The number of fused-ring (bicyclic) bond motifs is 1. The van der Waals surface area contributed by atoms with E-state index in [1.807, 2.05) is 93.6 Å². The fraction of sp³-hybridized carbons (Fsp3) is 0.242. The second-order valence-corrected chi connectivity index (χ2v) is 12.1. The Labute approximate surface area is 267 Å². The van der Waals surface area contributed by atoms with Crippen LogP contribution in [0.4, 0.5) is 0 Å². The largest absolute Gasteiger partial charge is 0.496 e. The second kappa shape index (κ2) is 13.3. The Morgan fingerprint density at radius 1 is 1.09 bits per heavy atom. The number of aromatic nitrogens is 1. The highest BCUT2D eigenvalue weighted by atomic mass is 79.9. The molecule has 2 heterocycles. The number of thiazole rings is 1. The van der Waals surface area contributed by atoms with Crippen molar-refractivity contribution in [3.05, 3.63) is 124 Å². The van der Waals surface area contributed by atoms with Crippen LogP contribution in [0.5, 0.6) is 11.5 Å². The van der Waals surface area contributed by atoms with Crippen molar-refractivity contribution in [1.82, 2.24) is 9.47 Å². The maximum Gasteiger partial charge on any atom is 0.271 e. The summed E-state index contributed by atoms with van der Waals surface area (Å²) in [5.74, 6) is 1.11. The van der Waals surface area contributed by atoms with Crippen LogP contribution < -0.4 is 24.4 Å². The first-order valence-corrected chi connectivity index (χ1v) is 15.9. The lowest BCUT2D eigenvalue weighted by Crippen LogP contribution is -2.43. The van der Waals surface area contributed by atoms with Crippen LogP contribution in [0.15, 0.2) is 92.3 Å². The molecule has 0 N–H and O–H groups in total. The van der Waals surface area contributed by atoms with E-state index >= 15 is 0 Å². The third-order valence-corrected chi connectivity index (χ3v) is 9.30. The Balaban J connectivity index is 1.57. The minimum atomic E-state index is -0.685. The van der Waals surface area contributed by atoms with E-state index in [1.54, 1.807) is 16.6 Å². The number of allylic oxidation sites excluding steroid dienone is 1. The zero-order valence-electron chi connectivity index (χ0n) is 24.3. The maximum absolute atomic E-state index is 14.1. The van der Waals surface area contributed by atoms with Gasteiger partial charge in [0.1, 0.15) is 24.1 Å². The Hall–Kier alpha value is -3.66. The highest BCUT2D eigenvalue weighted by Crippen LogP contribution is 2.36. The molecule has 43 heavy (non-hydrogen) atoms. The highest BCUT2D eigenvalue weighted by molar-refractivity contribution is 9.10. The van der Waals surface area contributed by atoms with Gasteiger partial charge in [0.15, 0.2) is 4.80 Å². The molecule has 0 radical (unpaired) electrons. The molecule has 0 unspecified atom stereocenters. The van der Waals surface area contributed by atoms with Gasteiger partial charge in [0.2, 0.25) is 0 Å². The average Bonchev–Trinajstić information content (AvgIpc) is 3.31. The summed E-state index contributed by atoms with van der Waals surface area (Å²) in [6.45, 7) is 7.12. The number of methoxy groups -OCH3 is 1. The predicted octanol–water partition coefficient (Wildman–Crippen LogP) is 6.11. The summed E-state index contributed by atoms with van der Waals surface area (Å²) in [6, 6.07) is 20.0. The lowest BCUT2D eigenvalue weighted by molar-refractivity contribution is -0.127. The Morgan fingerprint density at radius 2 is 1.81 bits per heavy atom. The quantitative estimate of drug-likeness (QED) is 0.214. The fourth-order valence-corrected chi connectivity index (χ4v) is 6.86. The number of halogens is 2. The standard InChI is InChI=1S/C33H31BrClN3O4S/c1-5-37(6-2)32(40)29-20(3)36-33-38(30(29)23-12-8-10-14-26(23)41-4)31(39)28(43-33)18-21-15-16-27(24(34)17-21)42-19-22-11-7-9-13-25(22)35/h7-18,30H,5-6,19H2,1-4H3/b28-18+/t30-/m0/s1. The van der Waals surface area contributed by atoms with Gasteiger partial charge in [-0.25, -0.2) is 4.99 Å². The number of carbonyl (C=O) groups is 1. The van der Waals surface area contributed by atoms with Crippen LogP contribution >= 0.6 is 38.9 Å². The van der Waals surface area contributed by atoms with E-state index in [1.165, 1.54) is 11.3 Å². The van der Waals surface area contributed by atoms with E-state index in [0.29, 0.717) is 56.8 Å². The molecule has 1 amide bonds. The molecule has 7 nitrogen and oxygen atoms in total. The molecule has 0 spiro atoms. The van der Waals surface area contributed by atoms with Crippen molar-refractivity contribution in [1.29, 1.82) is 0 Å². The van der Waals surface area contributed by atoms with Gasteiger partial charge in [0.25, 0.3) is 11.5 Å². The number of nitrogens with zero attached hydrogens (tertiary/aromatic N) is 3. The van der Waals surface area contributed by atoms with E-state index in [-0.39, 0.29) is 11.5 Å². The molecule has 0 saturated heterocycles. The summed E-state index contributed by atoms with van der Waals surface area (Å²) in [5, 5.41) is 0.647. The molecule has 4 aromatic rings. The smallest absolute Gasteiger partial charge is 0.271 e. The number of likely N-dealkylation sites (N-methyl/N-ethyl adjacent to an activating group) is 1. The first-order valence-electron chi connectivity index (χ1n) is 13.9. The van der Waals surface area contributed by atoms with Crippen LogP contribution in [0.1, 0.15) is 43.5 Å². The van der Waals surface area contributed by atoms with Crippen molar-refractivity contribution in [2.75, 3.05) is 20.2 Å². The zero-order valence-corrected chi connectivity index (χ0v) is 27.4. The normalized spacial score (nSPS) is 14.7. The monoisotopic (exact) mass is 679 g/mol. The molecule has 1 aromatic heterocycles. The van der Waals surface area contributed by atoms with Gasteiger partial charge in [-0.2, -0.15) is 0 Å². The third kappa shape index (κ3) is 6.20. The summed E-state index contributed by atoms with van der Waals surface area (Å²) in [5.41, 5.74) is 3.25. The lowest BCUT2D eigenvalue weighted by Gasteiger charge is -2.29. The second-order valence-electron chi connectivity index (χ2n) is 9.87. The summed E-state index contributed by atoms with van der Waals surface area (Å²) < 4.78 is 14.5. The summed E-state index contributed by atoms with van der Waals surface area (Å²) in [4.78, 5) is 34.9. The lowest BCUT2D eigenvalue weighted by atomic mass is 9.94.